The molecule has 0 spiro atoms. The van der Waals surface area contributed by atoms with Crippen LogP contribution in [0.1, 0.15) is 33.6 Å². The molecule has 5 nitrogen and oxygen atoms in total. The minimum absolute atomic E-state index is 0.501. The summed E-state index contributed by atoms with van der Waals surface area (Å²) < 4.78 is 25.6. The molecule has 0 aromatic carbocycles. The maximum Gasteiger partial charge on any atom is 0.427 e. The molecule has 0 amide bonds. The van der Waals surface area contributed by atoms with E-state index in [0.717, 1.165) is 38.8 Å². The van der Waals surface area contributed by atoms with E-state index >= 15 is 0 Å². The molecule has 1 unspecified atom stereocenters. The molecule has 1 rings (SSSR count). The van der Waals surface area contributed by atoms with E-state index < -0.39 is 18.0 Å². The number of rotatable bonds is 10. The summed E-state index contributed by atoms with van der Waals surface area (Å²) in [6.07, 6.45) is 2.28. The van der Waals surface area contributed by atoms with Gasteiger partial charge in [0.2, 0.25) is 0 Å². The third-order valence-electron chi connectivity index (χ3n) is 3.93. The summed E-state index contributed by atoms with van der Waals surface area (Å²) in [4.78, 5) is 0. The Morgan fingerprint density at radius 3 is 2.25 bits per heavy atom. The molecule has 1 aliphatic heterocycles. The van der Waals surface area contributed by atoms with Gasteiger partial charge in [-0.1, -0.05) is 6.92 Å². The second-order valence-corrected chi connectivity index (χ2v) is 11.2. The first kappa shape index (κ1) is 18.3. The summed E-state index contributed by atoms with van der Waals surface area (Å²) in [5, 5.41) is 0. The fourth-order valence-corrected chi connectivity index (χ4v) is 8.05. The molecule has 1 aliphatic rings. The summed E-state index contributed by atoms with van der Waals surface area (Å²) in [5.41, 5.74) is 0.501. The summed E-state index contributed by atoms with van der Waals surface area (Å²) in [5.74, 6) is 0. The van der Waals surface area contributed by atoms with Crippen LogP contribution in [0.2, 0.25) is 11.6 Å². The second kappa shape index (κ2) is 9.29. The van der Waals surface area contributed by atoms with Crippen molar-refractivity contribution in [1.82, 2.24) is 4.57 Å². The van der Waals surface area contributed by atoms with E-state index in [1.165, 1.54) is 6.42 Å². The Morgan fingerprint density at radius 1 is 1.15 bits per heavy atom. The van der Waals surface area contributed by atoms with Crippen molar-refractivity contribution in [3.63, 3.8) is 0 Å². The molecule has 0 N–H and O–H groups in total. The monoisotopic (exact) mass is 321 g/mol. The molecule has 7 heteroatoms. The first-order valence-corrected chi connectivity index (χ1v) is 11.3. The van der Waals surface area contributed by atoms with Crippen molar-refractivity contribution in [1.29, 1.82) is 0 Å². The molecule has 1 saturated heterocycles. The zero-order valence-electron chi connectivity index (χ0n) is 13.7. The van der Waals surface area contributed by atoms with Gasteiger partial charge in [-0.3, -0.25) is 4.57 Å². The molecular formula is C13H31NO4Si2. The van der Waals surface area contributed by atoms with E-state index in [-0.39, 0.29) is 0 Å². The van der Waals surface area contributed by atoms with Gasteiger partial charge >= 0.3 is 18.0 Å². The molecule has 0 aromatic heterocycles. The van der Waals surface area contributed by atoms with Gasteiger partial charge in [-0.25, -0.2) is 0 Å². The lowest BCUT2D eigenvalue weighted by Crippen LogP contribution is -2.55. The van der Waals surface area contributed by atoms with Crippen molar-refractivity contribution in [3.05, 3.63) is 0 Å². The normalized spacial score (nSPS) is 20.7. The van der Waals surface area contributed by atoms with Gasteiger partial charge in [0.05, 0.1) is 0 Å². The third-order valence-corrected chi connectivity index (χ3v) is 9.99. The lowest BCUT2D eigenvalue weighted by atomic mass is 10.3. The van der Waals surface area contributed by atoms with Gasteiger partial charge in [-0.15, -0.1) is 0 Å². The van der Waals surface area contributed by atoms with Crippen LogP contribution in [0.25, 0.3) is 0 Å². The van der Waals surface area contributed by atoms with Crippen molar-refractivity contribution in [2.24, 2.45) is 0 Å². The largest absolute Gasteiger partial charge is 0.427 e. The zero-order chi connectivity index (χ0) is 15.0. The highest BCUT2D eigenvalue weighted by Gasteiger charge is 2.48. The van der Waals surface area contributed by atoms with E-state index in [2.05, 4.69) is 25.3 Å². The van der Waals surface area contributed by atoms with Gasteiger partial charge in [0.25, 0.3) is 0 Å². The van der Waals surface area contributed by atoms with Crippen LogP contribution in [-0.2, 0) is 17.7 Å². The van der Waals surface area contributed by atoms with Crippen LogP contribution in [0.3, 0.4) is 0 Å². The standard InChI is InChI=1S/C13H31NO4Si2/c1-6-17-20(18-7-2)12-8-10-14(20)11-9-13(3)19(15-4)16-5/h13,19H,6-12H2,1-5H3. The first-order chi connectivity index (χ1) is 9.63. The minimum atomic E-state index is -2.12. The quantitative estimate of drug-likeness (QED) is 0.576. The smallest absolute Gasteiger partial charge is 0.400 e. The number of hydrogen-bond donors (Lipinski definition) is 0. The van der Waals surface area contributed by atoms with E-state index in [9.17, 15) is 0 Å². The average molecular weight is 322 g/mol. The highest BCUT2D eigenvalue weighted by Crippen LogP contribution is 2.29. The van der Waals surface area contributed by atoms with Crippen LogP contribution in [0.4, 0.5) is 0 Å². The first-order valence-electron chi connectivity index (χ1n) is 7.72. The molecule has 20 heavy (non-hydrogen) atoms. The molecule has 0 saturated carbocycles. The van der Waals surface area contributed by atoms with E-state index in [4.69, 9.17) is 17.7 Å². The van der Waals surface area contributed by atoms with Crippen LogP contribution in [0, 0.1) is 0 Å². The molecule has 1 fully saturated rings. The Morgan fingerprint density at radius 2 is 1.75 bits per heavy atom. The van der Waals surface area contributed by atoms with E-state index in [1.54, 1.807) is 14.2 Å². The average Bonchev–Trinajstić information content (AvgIpc) is 2.81. The number of hydrogen-bond acceptors (Lipinski definition) is 5. The zero-order valence-corrected chi connectivity index (χ0v) is 15.8. The third kappa shape index (κ3) is 4.62. The van der Waals surface area contributed by atoms with Crippen molar-refractivity contribution in [3.8, 4) is 0 Å². The molecule has 120 valence electrons. The lowest BCUT2D eigenvalue weighted by molar-refractivity contribution is 0.135. The molecule has 0 aromatic rings. The van der Waals surface area contributed by atoms with Crippen molar-refractivity contribution >= 4 is 18.0 Å². The van der Waals surface area contributed by atoms with Gasteiger partial charge in [-0.2, -0.15) is 0 Å². The van der Waals surface area contributed by atoms with E-state index in [1.807, 2.05) is 0 Å². The second-order valence-electron chi connectivity index (χ2n) is 5.28. The Hall–Kier alpha value is 0.234. The summed E-state index contributed by atoms with van der Waals surface area (Å²) in [6, 6.07) is 1.10. The molecule has 0 radical (unpaired) electrons. The van der Waals surface area contributed by atoms with Gasteiger partial charge < -0.3 is 17.7 Å². The van der Waals surface area contributed by atoms with Gasteiger partial charge in [0.15, 0.2) is 0 Å². The summed E-state index contributed by atoms with van der Waals surface area (Å²) in [6.45, 7) is 9.97. The fourth-order valence-electron chi connectivity index (χ4n) is 2.98. The Kier molecular flexibility index (Phi) is 8.49. The topological polar surface area (TPSA) is 40.2 Å². The molecule has 0 aliphatic carbocycles. The van der Waals surface area contributed by atoms with Crippen LogP contribution in [-0.4, -0.2) is 63.1 Å². The van der Waals surface area contributed by atoms with Crippen molar-refractivity contribution < 1.29 is 17.7 Å². The Labute approximate surface area is 126 Å². The summed E-state index contributed by atoms with van der Waals surface area (Å²) in [7, 11) is -0.119. The van der Waals surface area contributed by atoms with E-state index in [0.29, 0.717) is 5.54 Å². The SMILES string of the molecule is CCO[Si]1(OCC)CCCN1CCC(C)[SiH](OC)OC. The van der Waals surface area contributed by atoms with Crippen LogP contribution in [0.15, 0.2) is 0 Å². The van der Waals surface area contributed by atoms with Crippen LogP contribution < -0.4 is 0 Å². The van der Waals surface area contributed by atoms with Crippen LogP contribution in [0.5, 0.6) is 0 Å². The number of nitrogens with zero attached hydrogens (tertiary/aromatic N) is 1. The molecule has 1 atom stereocenters. The Bertz CT molecular complexity index is 261. The maximum atomic E-state index is 6.08. The molecule has 1 heterocycles. The highest BCUT2D eigenvalue weighted by atomic mass is 28.4. The van der Waals surface area contributed by atoms with Crippen LogP contribution >= 0.6 is 0 Å². The fraction of sp³-hybridized carbons (Fsp3) is 1.00. The van der Waals surface area contributed by atoms with Crippen molar-refractivity contribution in [2.45, 2.75) is 45.2 Å². The summed E-state index contributed by atoms with van der Waals surface area (Å²) >= 11 is 0. The van der Waals surface area contributed by atoms with Gasteiger partial charge in [0, 0.05) is 33.5 Å². The molecular weight excluding hydrogens is 290 g/mol. The predicted molar refractivity (Wildman–Crippen MR) is 85.2 cm³/mol. The lowest BCUT2D eigenvalue weighted by Gasteiger charge is -2.34. The predicted octanol–water partition coefficient (Wildman–Crippen LogP) is 2.00. The van der Waals surface area contributed by atoms with Crippen molar-refractivity contribution in [2.75, 3.05) is 40.5 Å². The van der Waals surface area contributed by atoms with Gasteiger partial charge in [-0.05, 0) is 45.3 Å². The Balaban J connectivity index is 2.55. The minimum Gasteiger partial charge on any atom is -0.400 e. The van der Waals surface area contributed by atoms with Gasteiger partial charge in [0.1, 0.15) is 0 Å². The maximum absolute atomic E-state index is 6.08. The molecule has 0 bridgehead atoms. The highest BCUT2D eigenvalue weighted by molar-refractivity contribution is 6.65.